The molecule has 1 nitrogen and oxygen atoms in total. The van der Waals surface area contributed by atoms with Crippen LogP contribution in [0.3, 0.4) is 0 Å². The molecule has 116 valence electrons. The van der Waals surface area contributed by atoms with Crippen molar-refractivity contribution >= 4 is 0 Å². The molecule has 0 aliphatic rings. The fourth-order valence-electron chi connectivity index (χ4n) is 2.78. The molecule has 0 rings (SSSR count). The second-order valence-corrected chi connectivity index (χ2v) is 6.07. The zero-order valence-electron chi connectivity index (χ0n) is 14.0. The molecule has 0 aromatic rings. The summed E-state index contributed by atoms with van der Waals surface area (Å²) in [6, 6.07) is 0.753. The van der Waals surface area contributed by atoms with Gasteiger partial charge in [0, 0.05) is 6.04 Å². The monoisotopic (exact) mass is 269 g/mol. The average molecular weight is 270 g/mol. The third-order valence-corrected chi connectivity index (χ3v) is 4.31. The van der Waals surface area contributed by atoms with Crippen LogP contribution in [0.4, 0.5) is 0 Å². The standard InChI is InChI=1S/C18H39N/c1-4-6-7-8-9-10-11-12-13-14-15-16-17-18(5-2)19-3/h18-19H,4-17H2,1-3H3. The lowest BCUT2D eigenvalue weighted by atomic mass is 10.0. The molecule has 0 saturated heterocycles. The van der Waals surface area contributed by atoms with E-state index in [2.05, 4.69) is 26.2 Å². The number of rotatable bonds is 15. The van der Waals surface area contributed by atoms with E-state index in [0.29, 0.717) is 0 Å². The van der Waals surface area contributed by atoms with Gasteiger partial charge in [0.2, 0.25) is 0 Å². The maximum Gasteiger partial charge on any atom is 0.00614 e. The molecule has 1 N–H and O–H groups in total. The van der Waals surface area contributed by atoms with Gasteiger partial charge in [0.25, 0.3) is 0 Å². The SMILES string of the molecule is CCCCCCCCCCCCCCC(CC)NC. The molecule has 0 aromatic carbocycles. The molecule has 1 heteroatoms. The van der Waals surface area contributed by atoms with Gasteiger partial charge in [0.05, 0.1) is 0 Å². The van der Waals surface area contributed by atoms with Crippen molar-refractivity contribution in [1.29, 1.82) is 0 Å². The first-order valence-electron chi connectivity index (χ1n) is 9.02. The molecular weight excluding hydrogens is 230 g/mol. The third kappa shape index (κ3) is 14.2. The first-order chi connectivity index (χ1) is 9.35. The lowest BCUT2D eigenvalue weighted by molar-refractivity contribution is 0.469. The fraction of sp³-hybridized carbons (Fsp3) is 1.00. The van der Waals surface area contributed by atoms with Crippen LogP contribution < -0.4 is 5.32 Å². The van der Waals surface area contributed by atoms with E-state index >= 15 is 0 Å². The summed E-state index contributed by atoms with van der Waals surface area (Å²) in [6.07, 6.45) is 20.0. The normalized spacial score (nSPS) is 12.8. The Bertz CT molecular complexity index is 152. The van der Waals surface area contributed by atoms with Crippen molar-refractivity contribution in [3.63, 3.8) is 0 Å². The Balaban J connectivity index is 3.02. The van der Waals surface area contributed by atoms with E-state index < -0.39 is 0 Å². The van der Waals surface area contributed by atoms with Gasteiger partial charge >= 0.3 is 0 Å². The van der Waals surface area contributed by atoms with Crippen LogP contribution in [0.5, 0.6) is 0 Å². The predicted octanol–water partition coefficient (Wildman–Crippen LogP) is 6.08. The zero-order chi connectivity index (χ0) is 14.2. The highest BCUT2D eigenvalue weighted by Gasteiger charge is 2.01. The highest BCUT2D eigenvalue weighted by Crippen LogP contribution is 2.13. The highest BCUT2D eigenvalue weighted by molar-refractivity contribution is 4.61. The largest absolute Gasteiger partial charge is 0.317 e. The van der Waals surface area contributed by atoms with Crippen LogP contribution in [0.25, 0.3) is 0 Å². The van der Waals surface area contributed by atoms with E-state index in [1.165, 1.54) is 89.9 Å². The van der Waals surface area contributed by atoms with Gasteiger partial charge in [-0.2, -0.15) is 0 Å². The van der Waals surface area contributed by atoms with Gasteiger partial charge < -0.3 is 5.32 Å². The van der Waals surface area contributed by atoms with Gasteiger partial charge in [0.15, 0.2) is 0 Å². The Morgan fingerprint density at radius 3 is 1.42 bits per heavy atom. The summed E-state index contributed by atoms with van der Waals surface area (Å²) >= 11 is 0. The van der Waals surface area contributed by atoms with Crippen LogP contribution in [0.1, 0.15) is 104 Å². The Kier molecular flexibility index (Phi) is 16.0. The summed E-state index contributed by atoms with van der Waals surface area (Å²) in [5, 5.41) is 3.39. The van der Waals surface area contributed by atoms with Crippen LogP contribution in [-0.4, -0.2) is 13.1 Å². The summed E-state index contributed by atoms with van der Waals surface area (Å²) in [6.45, 7) is 4.57. The molecule has 0 spiro atoms. The summed E-state index contributed by atoms with van der Waals surface area (Å²) in [5.41, 5.74) is 0. The molecule has 0 amide bonds. The van der Waals surface area contributed by atoms with Crippen molar-refractivity contribution in [2.24, 2.45) is 0 Å². The van der Waals surface area contributed by atoms with Gasteiger partial charge in [-0.15, -0.1) is 0 Å². The van der Waals surface area contributed by atoms with Gasteiger partial charge in [-0.25, -0.2) is 0 Å². The molecule has 1 atom stereocenters. The summed E-state index contributed by atoms with van der Waals surface area (Å²) < 4.78 is 0. The molecule has 0 aliphatic carbocycles. The maximum absolute atomic E-state index is 3.39. The van der Waals surface area contributed by atoms with Crippen molar-refractivity contribution in [3.05, 3.63) is 0 Å². The summed E-state index contributed by atoms with van der Waals surface area (Å²) in [7, 11) is 2.09. The number of nitrogens with one attached hydrogen (secondary N) is 1. The van der Waals surface area contributed by atoms with Crippen molar-refractivity contribution in [2.45, 2.75) is 110 Å². The van der Waals surface area contributed by atoms with Crippen molar-refractivity contribution in [3.8, 4) is 0 Å². The lowest BCUT2D eigenvalue weighted by Gasteiger charge is -2.12. The smallest absolute Gasteiger partial charge is 0.00614 e. The molecule has 0 radical (unpaired) electrons. The lowest BCUT2D eigenvalue weighted by Crippen LogP contribution is -2.23. The Morgan fingerprint density at radius 1 is 0.632 bits per heavy atom. The van der Waals surface area contributed by atoms with Gasteiger partial charge in [-0.05, 0) is 19.9 Å². The van der Waals surface area contributed by atoms with Crippen molar-refractivity contribution < 1.29 is 0 Å². The van der Waals surface area contributed by atoms with Gasteiger partial charge in [0.1, 0.15) is 0 Å². The summed E-state index contributed by atoms with van der Waals surface area (Å²) in [4.78, 5) is 0. The molecule has 0 bridgehead atoms. The first-order valence-corrected chi connectivity index (χ1v) is 9.02. The van der Waals surface area contributed by atoms with Crippen molar-refractivity contribution in [2.75, 3.05) is 7.05 Å². The fourth-order valence-corrected chi connectivity index (χ4v) is 2.78. The zero-order valence-corrected chi connectivity index (χ0v) is 14.0. The van der Waals surface area contributed by atoms with Crippen LogP contribution in [0, 0.1) is 0 Å². The van der Waals surface area contributed by atoms with Gasteiger partial charge in [-0.3, -0.25) is 0 Å². The minimum Gasteiger partial charge on any atom is -0.317 e. The van der Waals surface area contributed by atoms with Crippen LogP contribution in [-0.2, 0) is 0 Å². The second kappa shape index (κ2) is 16.0. The van der Waals surface area contributed by atoms with E-state index in [1.54, 1.807) is 0 Å². The average Bonchev–Trinajstić information content (AvgIpc) is 2.44. The van der Waals surface area contributed by atoms with Crippen LogP contribution >= 0.6 is 0 Å². The van der Waals surface area contributed by atoms with Gasteiger partial charge in [-0.1, -0.05) is 90.9 Å². The predicted molar refractivity (Wildman–Crippen MR) is 88.8 cm³/mol. The Hall–Kier alpha value is -0.0400. The Labute approximate surface area is 122 Å². The topological polar surface area (TPSA) is 12.0 Å². The highest BCUT2D eigenvalue weighted by atomic mass is 14.9. The minimum atomic E-state index is 0.753. The van der Waals surface area contributed by atoms with Crippen LogP contribution in [0.2, 0.25) is 0 Å². The maximum atomic E-state index is 3.39. The molecule has 0 saturated carbocycles. The van der Waals surface area contributed by atoms with Crippen LogP contribution in [0.15, 0.2) is 0 Å². The van der Waals surface area contributed by atoms with E-state index in [1.807, 2.05) is 0 Å². The van der Waals surface area contributed by atoms with E-state index in [9.17, 15) is 0 Å². The molecular formula is C18H39N. The van der Waals surface area contributed by atoms with E-state index in [0.717, 1.165) is 6.04 Å². The first kappa shape index (κ1) is 19.0. The molecule has 1 unspecified atom stereocenters. The molecule has 19 heavy (non-hydrogen) atoms. The number of hydrogen-bond donors (Lipinski definition) is 1. The molecule has 0 aromatic heterocycles. The van der Waals surface area contributed by atoms with Crippen molar-refractivity contribution in [1.82, 2.24) is 5.32 Å². The second-order valence-electron chi connectivity index (χ2n) is 6.07. The minimum absolute atomic E-state index is 0.753. The third-order valence-electron chi connectivity index (χ3n) is 4.31. The number of unbranched alkanes of at least 4 members (excludes halogenated alkanes) is 11. The quantitative estimate of drug-likeness (QED) is 0.355. The van der Waals surface area contributed by atoms with E-state index in [4.69, 9.17) is 0 Å². The molecule has 0 aliphatic heterocycles. The molecule has 0 heterocycles. The van der Waals surface area contributed by atoms with E-state index in [-0.39, 0.29) is 0 Å². The summed E-state index contributed by atoms with van der Waals surface area (Å²) in [5.74, 6) is 0. The Morgan fingerprint density at radius 2 is 1.05 bits per heavy atom. The molecule has 0 fully saturated rings. The number of hydrogen-bond acceptors (Lipinski definition) is 1.